The fraction of sp³-hybridized carbons (Fsp3) is 0.636. The van der Waals surface area contributed by atoms with E-state index >= 15 is 0 Å². The predicted octanol–water partition coefficient (Wildman–Crippen LogP) is 0.907. The second kappa shape index (κ2) is 4.75. The molecule has 1 aromatic heterocycles. The van der Waals surface area contributed by atoms with E-state index in [4.69, 9.17) is 4.74 Å². The molecule has 0 spiro atoms. The van der Waals surface area contributed by atoms with Crippen LogP contribution >= 0.6 is 0 Å². The lowest BCUT2D eigenvalue weighted by Crippen LogP contribution is -2.46. The van der Waals surface area contributed by atoms with E-state index in [0.29, 0.717) is 0 Å². The highest BCUT2D eigenvalue weighted by atomic mass is 16.6. The smallest absolute Gasteiger partial charge is 0.419 e. The fourth-order valence-corrected chi connectivity index (χ4v) is 1.88. The summed E-state index contributed by atoms with van der Waals surface area (Å²) in [7, 11) is 0. The van der Waals surface area contributed by atoms with Gasteiger partial charge in [0.2, 0.25) is 0 Å². The van der Waals surface area contributed by atoms with Crippen LogP contribution in [0.5, 0.6) is 0 Å². The molecular formula is C11H16N4O5. The summed E-state index contributed by atoms with van der Waals surface area (Å²) in [5.74, 6) is -0.265. The first-order valence-corrected chi connectivity index (χ1v) is 6.07. The van der Waals surface area contributed by atoms with Gasteiger partial charge in [-0.3, -0.25) is 4.57 Å². The first-order valence-electron chi connectivity index (χ1n) is 6.07. The minimum atomic E-state index is -0.830. The number of hydrogen-bond acceptors (Lipinski definition) is 6. The van der Waals surface area contributed by atoms with E-state index in [9.17, 15) is 20.0 Å². The van der Waals surface area contributed by atoms with E-state index in [-0.39, 0.29) is 24.9 Å². The van der Waals surface area contributed by atoms with Crippen LogP contribution in [0.2, 0.25) is 0 Å². The van der Waals surface area contributed by atoms with Gasteiger partial charge in [0.1, 0.15) is 11.8 Å². The molecule has 20 heavy (non-hydrogen) atoms. The molecule has 2 heterocycles. The Morgan fingerprint density at radius 3 is 2.75 bits per heavy atom. The number of β-amino-alcohol motifs (C(OH)–C–C–N with tert-alkyl or cyclic N) is 1. The first-order chi connectivity index (χ1) is 9.17. The fourth-order valence-electron chi connectivity index (χ4n) is 1.88. The van der Waals surface area contributed by atoms with Gasteiger partial charge in [-0.2, -0.15) is 0 Å². The second-order valence-electron chi connectivity index (χ2n) is 5.55. The quantitative estimate of drug-likeness (QED) is 0.606. The molecule has 0 bridgehead atoms. The van der Waals surface area contributed by atoms with Crippen molar-refractivity contribution in [3.8, 4) is 0 Å². The van der Waals surface area contributed by atoms with Crippen molar-refractivity contribution in [1.29, 1.82) is 0 Å². The molecule has 0 saturated carbocycles. The molecule has 9 heteroatoms. The largest absolute Gasteiger partial charge is 0.443 e. The number of carbonyl (C=O) groups is 1. The summed E-state index contributed by atoms with van der Waals surface area (Å²) in [5, 5.41) is 20.5. The van der Waals surface area contributed by atoms with Crippen molar-refractivity contribution in [3.63, 3.8) is 0 Å². The molecule has 0 radical (unpaired) electrons. The summed E-state index contributed by atoms with van der Waals surface area (Å²) in [6.45, 7) is 5.26. The zero-order chi connectivity index (χ0) is 15.1. The number of anilines is 1. The van der Waals surface area contributed by atoms with Gasteiger partial charge in [-0.05, 0) is 25.7 Å². The number of rotatable bonds is 1. The molecule has 2 rings (SSSR count). The number of fused-ring (bicyclic) bond motifs is 1. The van der Waals surface area contributed by atoms with E-state index in [1.54, 1.807) is 20.8 Å². The van der Waals surface area contributed by atoms with Gasteiger partial charge >= 0.3 is 17.9 Å². The molecule has 1 aromatic rings. The number of aliphatic hydroxyl groups excluding tert-OH is 1. The average Bonchev–Trinajstić information content (AvgIpc) is 2.68. The van der Waals surface area contributed by atoms with Gasteiger partial charge < -0.3 is 20.0 Å². The molecule has 1 aliphatic heterocycles. The highest BCUT2D eigenvalue weighted by Crippen LogP contribution is 2.25. The Bertz CT molecular complexity index is 547. The lowest BCUT2D eigenvalue weighted by molar-refractivity contribution is -0.389. The SMILES string of the molecule is CC(C)(C)OC(=O)N1CC(O)Cn2cc([N+](=O)[O-])nc21. The number of carbonyl (C=O) groups excluding carboxylic acids is 1. The lowest BCUT2D eigenvalue weighted by Gasteiger charge is -2.30. The Labute approximate surface area is 114 Å². The van der Waals surface area contributed by atoms with Crippen molar-refractivity contribution in [2.24, 2.45) is 0 Å². The Hall–Kier alpha value is -2.16. The number of aromatic nitrogens is 2. The lowest BCUT2D eigenvalue weighted by atomic mass is 10.2. The van der Waals surface area contributed by atoms with Gasteiger partial charge in [0.05, 0.1) is 19.2 Å². The summed E-state index contributed by atoms with van der Waals surface area (Å²) in [5.41, 5.74) is -0.706. The van der Waals surface area contributed by atoms with Crippen molar-refractivity contribution >= 4 is 17.9 Å². The zero-order valence-electron chi connectivity index (χ0n) is 11.4. The molecule has 0 aromatic carbocycles. The molecule has 1 amide bonds. The maximum atomic E-state index is 12.1. The molecule has 110 valence electrons. The van der Waals surface area contributed by atoms with Gasteiger partial charge in [-0.1, -0.05) is 0 Å². The Morgan fingerprint density at radius 2 is 2.20 bits per heavy atom. The van der Waals surface area contributed by atoms with Crippen molar-refractivity contribution in [3.05, 3.63) is 16.3 Å². The molecule has 1 atom stereocenters. The molecule has 1 aliphatic rings. The number of nitro groups is 1. The van der Waals surface area contributed by atoms with Crippen LogP contribution in [0.4, 0.5) is 16.6 Å². The van der Waals surface area contributed by atoms with Crippen LogP contribution < -0.4 is 4.90 Å². The maximum absolute atomic E-state index is 12.1. The average molecular weight is 284 g/mol. The van der Waals surface area contributed by atoms with Crippen molar-refractivity contribution in [1.82, 2.24) is 9.55 Å². The molecule has 0 fully saturated rings. The van der Waals surface area contributed by atoms with E-state index in [1.807, 2.05) is 0 Å². The third kappa shape index (κ3) is 2.87. The van der Waals surface area contributed by atoms with E-state index in [1.165, 1.54) is 10.8 Å². The summed E-state index contributed by atoms with van der Waals surface area (Å²) in [6, 6.07) is 0. The topological polar surface area (TPSA) is 111 Å². The standard InChI is InChI=1S/C11H16N4O5/c1-11(2,3)20-10(17)14-5-7(16)4-13-6-8(15(18)19)12-9(13)14/h6-7,16H,4-5H2,1-3H3. The highest BCUT2D eigenvalue weighted by Gasteiger charge is 2.37. The first kappa shape index (κ1) is 14.3. The summed E-state index contributed by atoms with van der Waals surface area (Å²) in [6.07, 6.45) is -0.337. The van der Waals surface area contributed by atoms with Crippen LogP contribution in [-0.4, -0.2) is 43.9 Å². The summed E-state index contributed by atoms with van der Waals surface area (Å²) >= 11 is 0. The third-order valence-corrected chi connectivity index (χ3v) is 2.59. The number of ether oxygens (including phenoxy) is 1. The number of aliphatic hydroxyl groups is 1. The van der Waals surface area contributed by atoms with E-state index in [2.05, 4.69) is 4.98 Å². The summed E-state index contributed by atoms with van der Waals surface area (Å²) in [4.78, 5) is 27.1. The molecule has 0 aliphatic carbocycles. The molecule has 1 unspecified atom stereocenters. The number of imidazole rings is 1. The molecular weight excluding hydrogens is 268 g/mol. The van der Waals surface area contributed by atoms with Gasteiger partial charge in [0.25, 0.3) is 0 Å². The normalized spacial score (nSPS) is 18.6. The highest BCUT2D eigenvalue weighted by molar-refractivity contribution is 5.86. The summed E-state index contributed by atoms with van der Waals surface area (Å²) < 4.78 is 6.58. The van der Waals surface area contributed by atoms with E-state index in [0.717, 1.165) is 4.90 Å². The van der Waals surface area contributed by atoms with Gasteiger partial charge in [0.15, 0.2) is 0 Å². The van der Waals surface area contributed by atoms with Gasteiger partial charge in [-0.15, -0.1) is 0 Å². The van der Waals surface area contributed by atoms with Crippen molar-refractivity contribution < 1.29 is 19.6 Å². The third-order valence-electron chi connectivity index (χ3n) is 2.59. The molecule has 9 nitrogen and oxygen atoms in total. The second-order valence-corrected chi connectivity index (χ2v) is 5.55. The van der Waals surface area contributed by atoms with Crippen molar-refractivity contribution in [2.75, 3.05) is 11.4 Å². The van der Waals surface area contributed by atoms with Crippen LogP contribution in [0.15, 0.2) is 6.20 Å². The monoisotopic (exact) mass is 284 g/mol. The zero-order valence-corrected chi connectivity index (χ0v) is 11.4. The van der Waals surface area contributed by atoms with Crippen LogP contribution in [0.25, 0.3) is 0 Å². The minimum absolute atomic E-state index is 0.0108. The van der Waals surface area contributed by atoms with E-state index < -0.39 is 22.7 Å². The number of nitrogens with zero attached hydrogens (tertiary/aromatic N) is 4. The number of hydrogen-bond donors (Lipinski definition) is 1. The van der Waals surface area contributed by atoms with Crippen LogP contribution in [0, 0.1) is 10.1 Å². The minimum Gasteiger partial charge on any atom is -0.443 e. The van der Waals surface area contributed by atoms with Crippen LogP contribution in [-0.2, 0) is 11.3 Å². The Balaban J connectivity index is 2.32. The maximum Gasteiger partial charge on any atom is 0.419 e. The van der Waals surface area contributed by atoms with Crippen LogP contribution in [0.3, 0.4) is 0 Å². The number of amides is 1. The Kier molecular flexibility index (Phi) is 3.38. The Morgan fingerprint density at radius 1 is 1.55 bits per heavy atom. The van der Waals surface area contributed by atoms with Gasteiger partial charge in [-0.25, -0.2) is 9.69 Å². The van der Waals surface area contributed by atoms with Crippen LogP contribution in [0.1, 0.15) is 20.8 Å². The predicted molar refractivity (Wildman–Crippen MR) is 68.5 cm³/mol. The van der Waals surface area contributed by atoms with Crippen molar-refractivity contribution in [2.45, 2.75) is 39.0 Å². The van der Waals surface area contributed by atoms with Gasteiger partial charge in [0, 0.05) is 4.98 Å². The molecule has 0 saturated heterocycles. The molecule has 1 N–H and O–H groups in total.